The first-order valence-corrected chi connectivity index (χ1v) is 23.5. The van der Waals surface area contributed by atoms with E-state index in [2.05, 4.69) is 25.6 Å². The lowest BCUT2D eigenvalue weighted by atomic mass is 9.75. The Morgan fingerprint density at radius 1 is 0.985 bits per heavy atom. The van der Waals surface area contributed by atoms with E-state index < -0.39 is 95.5 Å². The highest BCUT2D eigenvalue weighted by Gasteiger charge is 2.59. The van der Waals surface area contributed by atoms with E-state index in [1.807, 2.05) is 46.6 Å². The Kier molecular flexibility index (Phi) is 17.7. The molecular formula is C46H80N6O13. The van der Waals surface area contributed by atoms with Gasteiger partial charge in [-0.3, -0.25) is 4.79 Å². The van der Waals surface area contributed by atoms with E-state index in [-0.39, 0.29) is 49.9 Å². The molecule has 0 unspecified atom stereocenters. The molecule has 19 heteroatoms. The zero-order valence-electron chi connectivity index (χ0n) is 41.1. The van der Waals surface area contributed by atoms with Gasteiger partial charge in [0.25, 0.3) is 6.02 Å². The highest BCUT2D eigenvalue weighted by molar-refractivity contribution is 5.79. The van der Waals surface area contributed by atoms with Crippen LogP contribution in [0.3, 0.4) is 0 Å². The second-order valence-electron chi connectivity index (χ2n) is 19.7. The van der Waals surface area contributed by atoms with Crippen LogP contribution in [0.4, 0.5) is 5.82 Å². The third-order valence-corrected chi connectivity index (χ3v) is 14.4. The van der Waals surface area contributed by atoms with Crippen LogP contribution in [0.15, 0.2) is 17.4 Å². The first-order valence-electron chi connectivity index (χ1n) is 23.5. The number of hydrogen-bond acceptors (Lipinski definition) is 18. The van der Waals surface area contributed by atoms with Gasteiger partial charge in [0, 0.05) is 39.1 Å². The summed E-state index contributed by atoms with van der Waals surface area (Å²) in [6.45, 7) is 21.0. The van der Waals surface area contributed by atoms with E-state index in [1.54, 1.807) is 34.6 Å². The first-order chi connectivity index (χ1) is 30.5. The lowest BCUT2D eigenvalue weighted by Crippen LogP contribution is -2.70. The topological polar surface area (TPSA) is 237 Å². The molecule has 65 heavy (non-hydrogen) atoms. The molecule has 19 nitrogen and oxygen atoms in total. The minimum Gasteiger partial charge on any atom is -0.480 e. The number of carbonyl (C=O) groups is 1. The number of hydrogen-bond donors (Lipinski definition) is 6. The number of methoxy groups -OCH3 is 2. The molecule has 18 atom stereocenters. The Morgan fingerprint density at radius 2 is 1.69 bits per heavy atom. The van der Waals surface area contributed by atoms with Crippen LogP contribution in [0.25, 0.3) is 0 Å². The van der Waals surface area contributed by atoms with Crippen molar-refractivity contribution in [2.24, 2.45) is 22.7 Å². The fourth-order valence-corrected chi connectivity index (χ4v) is 10.2. The number of likely N-dealkylation sites (N-methyl/N-ethyl adjacent to an activating group) is 1. The van der Waals surface area contributed by atoms with Gasteiger partial charge in [-0.1, -0.05) is 27.7 Å². The van der Waals surface area contributed by atoms with E-state index in [4.69, 9.17) is 37.9 Å². The van der Waals surface area contributed by atoms with Crippen molar-refractivity contribution in [3.63, 3.8) is 0 Å². The van der Waals surface area contributed by atoms with E-state index in [9.17, 15) is 25.2 Å². The molecule has 6 N–H and O–H groups in total. The predicted molar refractivity (Wildman–Crippen MR) is 240 cm³/mol. The summed E-state index contributed by atoms with van der Waals surface area (Å²) in [6, 6.07) is -0.560. The highest BCUT2D eigenvalue weighted by atomic mass is 16.7. The number of esters is 1. The average molecular weight is 925 g/mol. The first kappa shape index (κ1) is 53.1. The van der Waals surface area contributed by atoms with E-state index >= 15 is 0 Å². The van der Waals surface area contributed by atoms with Crippen LogP contribution < -0.4 is 15.4 Å². The molecule has 1 aromatic heterocycles. The number of carbonyl (C=O) groups excluding carboxylic acids is 1. The van der Waals surface area contributed by atoms with Crippen molar-refractivity contribution in [1.82, 2.24) is 25.5 Å². The molecule has 0 spiro atoms. The van der Waals surface area contributed by atoms with Crippen LogP contribution in [0.2, 0.25) is 0 Å². The standard InChI is InChI=1S/C46H80N6O13/c1-15-17-47-24-46(57)30(8)61-35(20-44(46,10)59-14)63-36-27(5)39(43(9,55)19-25(3)21-48-29(7)38(53)45(11,56)32(16-2)62-40(54)28(36)6)65-41-37-31(18-26(4)60-41)52(12)42(64-37)51-33-22-50-34(58-13)23-49-33/h22-23,25-32,35-39,41,47-48,53,55-57H,15-21,24H2,1-14H3/t25-,26-,27+,28-,29-,30+,31+,32-,35+,36+,37-,38-,39-,41+,43-,44-,45-,46+/m1/s1. The van der Waals surface area contributed by atoms with Crippen LogP contribution in [0.1, 0.15) is 108 Å². The van der Waals surface area contributed by atoms with Gasteiger partial charge in [0.15, 0.2) is 24.5 Å². The second kappa shape index (κ2) is 21.6. The van der Waals surface area contributed by atoms with Gasteiger partial charge in [0.2, 0.25) is 5.88 Å². The number of aliphatic imine (C=N–C) groups is 1. The van der Waals surface area contributed by atoms with Crippen molar-refractivity contribution in [1.29, 1.82) is 0 Å². The Hall–Kier alpha value is -2.82. The summed E-state index contributed by atoms with van der Waals surface area (Å²) in [5.41, 5.74) is -6.04. The summed E-state index contributed by atoms with van der Waals surface area (Å²) in [5, 5.41) is 54.9. The maximum absolute atomic E-state index is 14.5. The molecule has 0 aliphatic carbocycles. The van der Waals surface area contributed by atoms with Gasteiger partial charge in [-0.25, -0.2) is 9.97 Å². The number of rotatable bonds is 12. The van der Waals surface area contributed by atoms with Gasteiger partial charge in [0.05, 0.1) is 61.5 Å². The Balaban J connectivity index is 1.57. The van der Waals surface area contributed by atoms with Crippen molar-refractivity contribution in [2.45, 2.75) is 198 Å². The van der Waals surface area contributed by atoms with E-state index in [1.165, 1.54) is 33.5 Å². The Morgan fingerprint density at radius 3 is 2.31 bits per heavy atom. The zero-order chi connectivity index (χ0) is 48.2. The fraction of sp³-hybridized carbons (Fsp3) is 0.870. The van der Waals surface area contributed by atoms with Crippen LogP contribution in [0, 0.1) is 17.8 Å². The van der Waals surface area contributed by atoms with Gasteiger partial charge in [-0.05, 0) is 93.2 Å². The van der Waals surface area contributed by atoms with Crippen molar-refractivity contribution < 1.29 is 63.1 Å². The number of nitrogens with zero attached hydrogens (tertiary/aromatic N) is 4. The normalized spacial score (nSPS) is 44.1. The van der Waals surface area contributed by atoms with Gasteiger partial charge in [0.1, 0.15) is 29.0 Å². The molecule has 5 rings (SSSR count). The third kappa shape index (κ3) is 11.6. The van der Waals surface area contributed by atoms with Crippen LogP contribution in [-0.4, -0.2) is 178 Å². The number of aromatic nitrogens is 2. The number of fused-ring (bicyclic) bond motifs is 1. The molecule has 0 amide bonds. The number of aliphatic hydroxyl groups excluding tert-OH is 1. The minimum atomic E-state index is -1.83. The third-order valence-electron chi connectivity index (χ3n) is 14.4. The molecule has 4 fully saturated rings. The van der Waals surface area contributed by atoms with Gasteiger partial charge in [-0.2, -0.15) is 4.99 Å². The van der Waals surface area contributed by atoms with Crippen molar-refractivity contribution >= 4 is 17.8 Å². The molecule has 4 saturated heterocycles. The fourth-order valence-electron chi connectivity index (χ4n) is 10.2. The predicted octanol–water partition coefficient (Wildman–Crippen LogP) is 2.82. The van der Waals surface area contributed by atoms with Gasteiger partial charge >= 0.3 is 5.97 Å². The SMILES string of the molecule is CCCNC[C@]1(O)[C@H](C)O[C@@H](O[C@H]2[C@H](C)[C@@H](O[C@@H]3O[C@H](C)C[C@H]4[C@H]3OC(=Nc3cnc(OC)cn3)N4C)[C@](C)(O)C[C@@H](C)CN[C@H](C)[C@@H](O)[C@](C)(O)[C@@H](CC)OC(=O)[C@@H]2C)C[C@@]1(C)OC. The molecule has 4 aliphatic rings. The van der Waals surface area contributed by atoms with Crippen molar-refractivity contribution in [3.05, 3.63) is 12.4 Å². The summed E-state index contributed by atoms with van der Waals surface area (Å²) in [5.74, 6) is -2.07. The van der Waals surface area contributed by atoms with Gasteiger partial charge < -0.3 is 73.9 Å². The molecule has 1 aromatic rings. The number of cyclic esters (lactones) is 1. The summed E-state index contributed by atoms with van der Waals surface area (Å²) < 4.78 is 50.9. The number of aliphatic hydroxyl groups is 4. The van der Waals surface area contributed by atoms with Crippen LogP contribution >= 0.6 is 0 Å². The maximum atomic E-state index is 14.5. The maximum Gasteiger partial charge on any atom is 0.311 e. The minimum absolute atomic E-state index is 0.0813. The molecule has 0 aromatic carbocycles. The molecule has 5 heterocycles. The summed E-state index contributed by atoms with van der Waals surface area (Å²) in [7, 11) is 4.92. The largest absolute Gasteiger partial charge is 0.480 e. The zero-order valence-corrected chi connectivity index (χ0v) is 41.1. The summed E-state index contributed by atoms with van der Waals surface area (Å²) >= 11 is 0. The van der Waals surface area contributed by atoms with Crippen LogP contribution in [-0.2, 0) is 38.0 Å². The monoisotopic (exact) mass is 925 g/mol. The van der Waals surface area contributed by atoms with Gasteiger partial charge in [-0.15, -0.1) is 0 Å². The lowest BCUT2D eigenvalue weighted by Gasteiger charge is -2.53. The summed E-state index contributed by atoms with van der Waals surface area (Å²) in [4.78, 5) is 29.7. The highest BCUT2D eigenvalue weighted by Crippen LogP contribution is 2.44. The average Bonchev–Trinajstić information content (AvgIpc) is 3.57. The number of amidine groups is 1. The molecular weight excluding hydrogens is 845 g/mol. The van der Waals surface area contributed by atoms with Crippen LogP contribution in [0.5, 0.6) is 5.88 Å². The number of ether oxygens (including phenoxy) is 8. The van der Waals surface area contributed by atoms with Crippen molar-refractivity contribution in [3.8, 4) is 5.88 Å². The molecule has 372 valence electrons. The quantitative estimate of drug-likeness (QED) is 0.131. The van der Waals surface area contributed by atoms with E-state index in [0.29, 0.717) is 31.2 Å². The number of nitrogens with one attached hydrogen (secondary N) is 2. The molecule has 4 aliphatic heterocycles. The lowest BCUT2D eigenvalue weighted by molar-refractivity contribution is -0.335. The smallest absolute Gasteiger partial charge is 0.311 e. The Labute approximate surface area is 385 Å². The summed E-state index contributed by atoms with van der Waals surface area (Å²) in [6.07, 6.45) is -3.47. The Bertz CT molecular complexity index is 1730. The molecule has 0 radical (unpaired) electrons. The molecule has 0 saturated carbocycles. The van der Waals surface area contributed by atoms with Crippen molar-refractivity contribution in [2.75, 3.05) is 40.9 Å². The second-order valence-corrected chi connectivity index (χ2v) is 19.7. The molecule has 0 bridgehead atoms. The van der Waals surface area contributed by atoms with E-state index in [0.717, 1.165) is 6.42 Å².